The highest BCUT2D eigenvalue weighted by Crippen LogP contribution is 2.33. The van der Waals surface area contributed by atoms with Gasteiger partial charge in [0.2, 0.25) is 23.7 Å². The van der Waals surface area contributed by atoms with Crippen LogP contribution in [0.15, 0.2) is 73.2 Å². The number of nitrogens with zero attached hydrogens (tertiary/aromatic N) is 7. The number of rotatable bonds is 19. The van der Waals surface area contributed by atoms with Crippen LogP contribution in [0.4, 0.5) is 17.3 Å². The van der Waals surface area contributed by atoms with Crippen molar-refractivity contribution >= 4 is 52.8 Å². The second kappa shape index (κ2) is 21.9. The smallest absolute Gasteiger partial charge is 0.271 e. The van der Waals surface area contributed by atoms with Crippen LogP contribution in [-0.4, -0.2) is 94.9 Å². The third kappa shape index (κ3) is 11.5. The van der Waals surface area contributed by atoms with Crippen molar-refractivity contribution in [1.82, 2.24) is 44.9 Å². The molecule has 17 nitrogen and oxygen atoms in total. The van der Waals surface area contributed by atoms with Gasteiger partial charge in [0, 0.05) is 86.2 Å². The average Bonchev–Trinajstić information content (AvgIpc) is 3.86. The second-order valence-corrected chi connectivity index (χ2v) is 17.8. The summed E-state index contributed by atoms with van der Waals surface area (Å²) in [7, 11) is 0. The first-order valence-electron chi connectivity index (χ1n) is 23.8. The van der Waals surface area contributed by atoms with Crippen LogP contribution in [0, 0.1) is 25.7 Å². The van der Waals surface area contributed by atoms with Crippen molar-refractivity contribution in [2.75, 3.05) is 23.7 Å². The van der Waals surface area contributed by atoms with Gasteiger partial charge in [0.1, 0.15) is 17.4 Å². The minimum absolute atomic E-state index is 0.00462. The van der Waals surface area contributed by atoms with Crippen LogP contribution in [0.3, 0.4) is 0 Å². The molecule has 3 aliphatic heterocycles. The normalized spacial score (nSPS) is 16.4. The number of unbranched alkanes of at least 4 members (excludes halogenated alkanes) is 6. The SMILES string of the molecule is Cc1cccc(CN2C(=O)c3cc(-c4nc(Nc5ccnc(C#CCCNC(=O)CCCCCCCCCNc6cccc7c6C(=O)N(C6CCC(=O)NC6=O)C7=O)c5)ncc4C)cn3C[C@H]2C)n1. The Morgan fingerprint density at radius 1 is 0.870 bits per heavy atom. The fraction of sp³-hybridized carbons (Fsp3) is 0.385. The zero-order chi connectivity index (χ0) is 48.4. The number of piperidine rings is 1. The lowest BCUT2D eigenvalue weighted by atomic mass is 10.0. The lowest BCUT2D eigenvalue weighted by Crippen LogP contribution is -2.54. The Hall–Kier alpha value is -7.74. The molecule has 1 aromatic carbocycles. The summed E-state index contributed by atoms with van der Waals surface area (Å²) >= 11 is 0. The first kappa shape index (κ1) is 47.7. The number of nitrogens with one attached hydrogen (secondary N) is 4. The summed E-state index contributed by atoms with van der Waals surface area (Å²) in [5, 5.41) is 11.8. The van der Waals surface area contributed by atoms with Crippen LogP contribution >= 0.6 is 0 Å². The van der Waals surface area contributed by atoms with Crippen molar-refractivity contribution in [2.24, 2.45) is 0 Å². The van der Waals surface area contributed by atoms with Gasteiger partial charge < -0.3 is 25.4 Å². The van der Waals surface area contributed by atoms with Crippen molar-refractivity contribution in [2.45, 2.75) is 117 Å². The number of fused-ring (bicyclic) bond motifs is 2. The van der Waals surface area contributed by atoms with Crippen LogP contribution in [-0.2, 0) is 27.5 Å². The van der Waals surface area contributed by atoms with E-state index < -0.39 is 29.7 Å². The molecule has 4 N–H and O–H groups in total. The van der Waals surface area contributed by atoms with Crippen LogP contribution in [0.2, 0.25) is 0 Å². The van der Waals surface area contributed by atoms with Gasteiger partial charge >= 0.3 is 0 Å². The topological polar surface area (TPSA) is 214 Å². The van der Waals surface area contributed by atoms with Gasteiger partial charge in [-0.15, -0.1) is 0 Å². The molecule has 2 atom stereocenters. The van der Waals surface area contributed by atoms with Crippen LogP contribution in [0.25, 0.3) is 11.3 Å². The van der Waals surface area contributed by atoms with Gasteiger partial charge in [-0.05, 0) is 94.0 Å². The molecule has 0 bridgehead atoms. The maximum Gasteiger partial charge on any atom is 0.271 e. The molecule has 7 heterocycles. The Bertz CT molecular complexity index is 2850. The highest BCUT2D eigenvalue weighted by atomic mass is 16.2. The van der Waals surface area contributed by atoms with Crippen molar-refractivity contribution in [3.8, 4) is 23.1 Å². The highest BCUT2D eigenvalue weighted by molar-refractivity contribution is 6.25. The number of anilines is 3. The van der Waals surface area contributed by atoms with Gasteiger partial charge in [0.15, 0.2) is 0 Å². The summed E-state index contributed by atoms with van der Waals surface area (Å²) in [6.45, 7) is 8.14. The summed E-state index contributed by atoms with van der Waals surface area (Å²) in [6.07, 6.45) is 13.4. The zero-order valence-electron chi connectivity index (χ0n) is 39.3. The van der Waals surface area contributed by atoms with Crippen LogP contribution < -0.4 is 21.3 Å². The minimum atomic E-state index is -0.994. The van der Waals surface area contributed by atoms with Gasteiger partial charge in [0.05, 0.1) is 29.1 Å². The second-order valence-electron chi connectivity index (χ2n) is 17.8. The molecule has 1 saturated heterocycles. The monoisotopic (exact) mass is 931 g/mol. The number of hydrogen-bond donors (Lipinski definition) is 4. The number of carbonyl (C=O) groups excluding carboxylic acids is 6. The molecular formula is C52H57N11O6. The van der Waals surface area contributed by atoms with E-state index >= 15 is 0 Å². The number of amides is 6. The summed E-state index contributed by atoms with van der Waals surface area (Å²) in [5.41, 5.74) is 7.24. The third-order valence-corrected chi connectivity index (χ3v) is 12.6. The van der Waals surface area contributed by atoms with Crippen molar-refractivity contribution < 1.29 is 28.8 Å². The number of aromatic nitrogens is 5. The van der Waals surface area contributed by atoms with Gasteiger partial charge in [-0.1, -0.05) is 50.2 Å². The van der Waals surface area contributed by atoms with Gasteiger partial charge in [0.25, 0.3) is 17.7 Å². The molecule has 0 saturated carbocycles. The minimum Gasteiger partial charge on any atom is -0.384 e. The molecule has 5 aromatic rings. The molecule has 69 heavy (non-hydrogen) atoms. The Labute approximate surface area is 401 Å². The predicted molar refractivity (Wildman–Crippen MR) is 259 cm³/mol. The fourth-order valence-electron chi connectivity index (χ4n) is 8.98. The summed E-state index contributed by atoms with van der Waals surface area (Å²) < 4.78 is 2.01. The zero-order valence-corrected chi connectivity index (χ0v) is 39.3. The number of aryl methyl sites for hydroxylation is 2. The van der Waals surface area contributed by atoms with E-state index in [-0.39, 0.29) is 41.8 Å². The third-order valence-electron chi connectivity index (χ3n) is 12.6. The molecule has 1 fully saturated rings. The number of hydrogen-bond acceptors (Lipinski definition) is 12. The van der Waals surface area contributed by atoms with Gasteiger partial charge in [-0.2, -0.15) is 0 Å². The number of imide groups is 2. The number of carbonyl (C=O) groups is 6. The molecule has 0 spiro atoms. The summed E-state index contributed by atoms with van der Waals surface area (Å²) in [5.74, 6) is 4.49. The van der Waals surface area contributed by atoms with E-state index in [0.29, 0.717) is 62.0 Å². The first-order valence-corrected chi connectivity index (χ1v) is 23.8. The molecule has 0 radical (unpaired) electrons. The lowest BCUT2D eigenvalue weighted by Gasteiger charge is -2.34. The van der Waals surface area contributed by atoms with Crippen molar-refractivity contribution in [3.05, 3.63) is 113 Å². The quantitative estimate of drug-likeness (QED) is 0.0390. The summed E-state index contributed by atoms with van der Waals surface area (Å²) in [4.78, 5) is 97.7. The fourth-order valence-corrected chi connectivity index (χ4v) is 8.98. The molecule has 0 aliphatic carbocycles. The molecule has 3 aliphatic rings. The predicted octanol–water partition coefficient (Wildman–Crippen LogP) is 6.63. The molecule has 4 aromatic heterocycles. The maximum absolute atomic E-state index is 13.7. The largest absolute Gasteiger partial charge is 0.384 e. The lowest BCUT2D eigenvalue weighted by molar-refractivity contribution is -0.136. The van der Waals surface area contributed by atoms with E-state index in [2.05, 4.69) is 55.0 Å². The molecule has 8 rings (SSSR count). The Kier molecular flexibility index (Phi) is 15.2. The van der Waals surface area contributed by atoms with Crippen molar-refractivity contribution in [1.29, 1.82) is 0 Å². The number of benzene rings is 1. The van der Waals surface area contributed by atoms with Gasteiger partial charge in [-0.3, -0.25) is 44.0 Å². The van der Waals surface area contributed by atoms with E-state index in [9.17, 15) is 28.8 Å². The van der Waals surface area contributed by atoms with E-state index in [0.717, 1.165) is 83.7 Å². The average molecular weight is 932 g/mol. The van der Waals surface area contributed by atoms with E-state index in [1.54, 1.807) is 30.6 Å². The Morgan fingerprint density at radius 2 is 1.67 bits per heavy atom. The molecule has 17 heteroatoms. The van der Waals surface area contributed by atoms with Gasteiger partial charge in [-0.25, -0.2) is 15.0 Å². The van der Waals surface area contributed by atoms with E-state index in [1.165, 1.54) is 0 Å². The first-order chi connectivity index (χ1) is 33.4. The molecule has 356 valence electrons. The van der Waals surface area contributed by atoms with E-state index in [1.807, 2.05) is 65.9 Å². The molecule has 1 unspecified atom stereocenters. The highest BCUT2D eigenvalue weighted by Gasteiger charge is 2.45. The Balaban J connectivity index is 0.706. The number of pyridine rings is 2. The van der Waals surface area contributed by atoms with Crippen LogP contribution in [0.1, 0.15) is 131 Å². The standard InChI is InChI=1S/C52H57N11O6/c1-33-29-56-52(60-47(33)36-27-43-50(68)62(35(3)30-61(43)31-36)32-39-17-13-15-34(2)57-39)58-38-23-26-53-37(28-38)16-10-12-25-55-44(64)20-9-7-5-4-6-8-11-24-54-41-19-14-18-40-46(41)51(69)63(49(40)67)42-21-22-45(65)59-48(42)66/h13-15,17-19,23,26-29,31,35,42,54H,4-9,11-12,20-22,24-25,30,32H2,1-3H3,(H,55,64)(H,59,65,66)(H,53,56,58,60)/t35-,42?/m1/s1. The summed E-state index contributed by atoms with van der Waals surface area (Å²) in [6, 6.07) is 15.5. The van der Waals surface area contributed by atoms with Crippen molar-refractivity contribution in [3.63, 3.8) is 0 Å². The molecular weight excluding hydrogens is 875 g/mol. The van der Waals surface area contributed by atoms with Crippen LogP contribution in [0.5, 0.6) is 0 Å². The maximum atomic E-state index is 13.7. The molecule has 6 amide bonds. The van der Waals surface area contributed by atoms with E-state index in [4.69, 9.17) is 4.98 Å². The Morgan fingerprint density at radius 3 is 2.48 bits per heavy atom.